The summed E-state index contributed by atoms with van der Waals surface area (Å²) in [6.45, 7) is 10.6. The molecule has 0 amide bonds. The van der Waals surface area contributed by atoms with E-state index in [2.05, 4.69) is 35.5 Å². The fourth-order valence-corrected chi connectivity index (χ4v) is 4.92. The van der Waals surface area contributed by atoms with Crippen molar-refractivity contribution in [3.8, 4) is 0 Å². The highest BCUT2D eigenvalue weighted by Gasteiger charge is 2.23. The van der Waals surface area contributed by atoms with E-state index in [-0.39, 0.29) is 15.4 Å². The summed E-state index contributed by atoms with van der Waals surface area (Å²) in [6.07, 6.45) is 0. The molecule has 1 saturated heterocycles. The fraction of sp³-hybridized carbons (Fsp3) is 0.529. The van der Waals surface area contributed by atoms with Gasteiger partial charge in [0.1, 0.15) is 10.0 Å². The summed E-state index contributed by atoms with van der Waals surface area (Å²) in [4.78, 5) is 11.8. The van der Waals surface area contributed by atoms with Gasteiger partial charge in [0.25, 0.3) is 10.0 Å². The van der Waals surface area contributed by atoms with Crippen LogP contribution >= 0.6 is 11.3 Å². The molecule has 1 fully saturated rings. The van der Waals surface area contributed by atoms with Crippen molar-refractivity contribution in [3.63, 3.8) is 0 Å². The molecule has 1 N–H and O–H groups in total. The monoisotopic (exact) mass is 396 g/mol. The average Bonchev–Trinajstić information content (AvgIpc) is 3.06. The second-order valence-electron chi connectivity index (χ2n) is 7.27. The summed E-state index contributed by atoms with van der Waals surface area (Å²) in [5, 5.41) is 0. The normalized spacial score (nSPS) is 15.9. The van der Waals surface area contributed by atoms with Crippen LogP contribution in [0.25, 0.3) is 0 Å². The van der Waals surface area contributed by atoms with Crippen molar-refractivity contribution < 1.29 is 13.2 Å². The maximum absolute atomic E-state index is 12.7. The fourth-order valence-electron chi connectivity index (χ4n) is 2.57. The minimum absolute atomic E-state index is 0.0898. The van der Waals surface area contributed by atoms with Gasteiger partial charge in [-0.2, -0.15) is 4.98 Å². The first kappa shape index (κ1) is 19.1. The number of hydrogen-bond donors (Lipinski definition) is 1. The first-order chi connectivity index (χ1) is 12.1. The molecule has 0 atom stereocenters. The maximum Gasteiger partial charge on any atom is 0.272 e. The molecule has 0 saturated carbocycles. The molecule has 2 aromatic rings. The lowest BCUT2D eigenvalue weighted by molar-refractivity contribution is 0.122. The number of nitrogens with zero attached hydrogens (tertiary/aromatic N) is 3. The topological polar surface area (TPSA) is 84.4 Å². The van der Waals surface area contributed by atoms with Crippen LogP contribution in [-0.4, -0.2) is 44.7 Å². The highest BCUT2D eigenvalue weighted by Crippen LogP contribution is 2.32. The lowest BCUT2D eigenvalue weighted by Crippen LogP contribution is -2.37. The Balaban J connectivity index is 1.85. The van der Waals surface area contributed by atoms with Gasteiger partial charge in [0, 0.05) is 29.7 Å². The lowest BCUT2D eigenvalue weighted by Gasteiger charge is -2.27. The van der Waals surface area contributed by atoms with Gasteiger partial charge >= 0.3 is 0 Å². The summed E-state index contributed by atoms with van der Waals surface area (Å²) in [5.74, 6) is 0.803. The Bertz CT molecular complexity index is 882. The highest BCUT2D eigenvalue weighted by molar-refractivity contribution is 7.94. The molecular formula is C17H24N4O3S2. The van der Waals surface area contributed by atoms with Gasteiger partial charge in [0.15, 0.2) is 0 Å². The molecular weight excluding hydrogens is 372 g/mol. The standard InChI is InChI=1S/C17H24N4O3S2/c1-12-11-14(19-16(18-12)21-7-9-24-10-8-21)20-26(22,23)15-6-5-13(25-15)17(2,3)4/h5-6,11H,7-10H2,1-4H3,(H,18,19,20). The SMILES string of the molecule is Cc1cc(NS(=O)(=O)c2ccc(C(C)(C)C)s2)nc(N2CCOCC2)n1. The number of sulfonamides is 1. The van der Waals surface area contributed by atoms with E-state index >= 15 is 0 Å². The Morgan fingerprint density at radius 2 is 1.88 bits per heavy atom. The Labute approximate surface area is 158 Å². The maximum atomic E-state index is 12.7. The van der Waals surface area contributed by atoms with Crippen molar-refractivity contribution in [1.82, 2.24) is 9.97 Å². The second kappa shape index (κ2) is 7.13. The van der Waals surface area contributed by atoms with Crippen LogP contribution in [0, 0.1) is 6.92 Å². The zero-order valence-corrected chi connectivity index (χ0v) is 17.1. The average molecular weight is 397 g/mol. The Morgan fingerprint density at radius 3 is 2.50 bits per heavy atom. The van der Waals surface area contributed by atoms with Crippen LogP contribution in [0.2, 0.25) is 0 Å². The molecule has 2 aromatic heterocycles. The molecule has 0 aliphatic carbocycles. The summed E-state index contributed by atoms with van der Waals surface area (Å²) >= 11 is 1.28. The van der Waals surface area contributed by atoms with Gasteiger partial charge in [-0.05, 0) is 24.5 Å². The largest absolute Gasteiger partial charge is 0.378 e. The van der Waals surface area contributed by atoms with E-state index in [0.717, 1.165) is 4.88 Å². The van der Waals surface area contributed by atoms with Crippen LogP contribution in [0.1, 0.15) is 31.3 Å². The predicted octanol–water partition coefficient (Wildman–Crippen LogP) is 2.78. The first-order valence-electron chi connectivity index (χ1n) is 8.47. The van der Waals surface area contributed by atoms with E-state index in [9.17, 15) is 8.42 Å². The smallest absolute Gasteiger partial charge is 0.272 e. The molecule has 3 rings (SSSR count). The summed E-state index contributed by atoms with van der Waals surface area (Å²) in [6, 6.07) is 5.15. The highest BCUT2D eigenvalue weighted by atomic mass is 32.2. The Kier molecular flexibility index (Phi) is 5.23. The molecule has 9 heteroatoms. The van der Waals surface area contributed by atoms with Crippen LogP contribution in [0.15, 0.2) is 22.4 Å². The molecule has 0 spiro atoms. The number of nitrogens with one attached hydrogen (secondary N) is 1. The number of ether oxygens (including phenoxy) is 1. The van der Waals surface area contributed by atoms with E-state index in [0.29, 0.717) is 37.9 Å². The molecule has 26 heavy (non-hydrogen) atoms. The van der Waals surface area contributed by atoms with Gasteiger partial charge in [-0.1, -0.05) is 20.8 Å². The van der Waals surface area contributed by atoms with Crippen LogP contribution in [0.5, 0.6) is 0 Å². The summed E-state index contributed by atoms with van der Waals surface area (Å²) in [7, 11) is -3.68. The number of hydrogen-bond acceptors (Lipinski definition) is 7. The van der Waals surface area contributed by atoms with Crippen molar-refractivity contribution in [3.05, 3.63) is 28.8 Å². The predicted molar refractivity (Wildman–Crippen MR) is 104 cm³/mol. The van der Waals surface area contributed by atoms with Gasteiger partial charge in [-0.3, -0.25) is 4.72 Å². The molecule has 0 radical (unpaired) electrons. The van der Waals surface area contributed by atoms with Crippen molar-refractivity contribution in [1.29, 1.82) is 0 Å². The second-order valence-corrected chi connectivity index (χ2v) is 10.3. The zero-order chi connectivity index (χ0) is 18.9. The van der Waals surface area contributed by atoms with Gasteiger partial charge in [-0.25, -0.2) is 13.4 Å². The lowest BCUT2D eigenvalue weighted by atomic mass is 9.95. The molecule has 142 valence electrons. The summed E-state index contributed by atoms with van der Waals surface area (Å²) < 4.78 is 33.7. The van der Waals surface area contributed by atoms with E-state index in [1.54, 1.807) is 12.1 Å². The van der Waals surface area contributed by atoms with E-state index < -0.39 is 10.0 Å². The third-order valence-corrected chi connectivity index (χ3v) is 7.32. The molecule has 1 aliphatic heterocycles. The van der Waals surface area contributed by atoms with E-state index in [1.807, 2.05) is 17.9 Å². The number of rotatable bonds is 4. The van der Waals surface area contributed by atoms with Crippen LogP contribution in [0.3, 0.4) is 0 Å². The number of aromatic nitrogens is 2. The molecule has 0 aromatic carbocycles. The third-order valence-electron chi connectivity index (χ3n) is 3.96. The van der Waals surface area contributed by atoms with E-state index in [4.69, 9.17) is 4.74 Å². The third kappa shape index (κ3) is 4.33. The number of aryl methyl sites for hydroxylation is 1. The minimum Gasteiger partial charge on any atom is -0.378 e. The number of morpholine rings is 1. The molecule has 1 aliphatic rings. The van der Waals surface area contributed by atoms with Crippen molar-refractivity contribution in [2.24, 2.45) is 0 Å². The molecule has 0 bridgehead atoms. The Morgan fingerprint density at radius 1 is 1.19 bits per heavy atom. The summed E-state index contributed by atoms with van der Waals surface area (Å²) in [5.41, 5.74) is 0.619. The number of anilines is 2. The van der Waals surface area contributed by atoms with Gasteiger partial charge in [0.2, 0.25) is 5.95 Å². The zero-order valence-electron chi connectivity index (χ0n) is 15.4. The minimum atomic E-state index is -3.68. The first-order valence-corrected chi connectivity index (χ1v) is 10.8. The van der Waals surface area contributed by atoms with E-state index in [1.165, 1.54) is 11.3 Å². The van der Waals surface area contributed by atoms with Gasteiger partial charge in [0.05, 0.1) is 13.2 Å². The van der Waals surface area contributed by atoms with Gasteiger partial charge < -0.3 is 9.64 Å². The van der Waals surface area contributed by atoms with Crippen molar-refractivity contribution >= 4 is 33.1 Å². The quantitative estimate of drug-likeness (QED) is 0.855. The molecule has 7 nitrogen and oxygen atoms in total. The molecule has 3 heterocycles. The van der Waals surface area contributed by atoms with Crippen molar-refractivity contribution in [2.45, 2.75) is 37.3 Å². The molecule has 0 unspecified atom stereocenters. The number of thiophene rings is 1. The van der Waals surface area contributed by atoms with Crippen molar-refractivity contribution in [2.75, 3.05) is 35.9 Å². The van der Waals surface area contributed by atoms with Gasteiger partial charge in [-0.15, -0.1) is 11.3 Å². The van der Waals surface area contributed by atoms with Crippen LogP contribution < -0.4 is 9.62 Å². The van der Waals surface area contributed by atoms with Crippen LogP contribution in [-0.2, 0) is 20.2 Å². The Hall–Kier alpha value is -1.71. The van der Waals surface area contributed by atoms with Crippen LogP contribution in [0.4, 0.5) is 11.8 Å².